The van der Waals surface area contributed by atoms with E-state index in [9.17, 15) is 0 Å². The molecule has 0 aliphatic rings. The summed E-state index contributed by atoms with van der Waals surface area (Å²) in [5.41, 5.74) is 5.87. The van der Waals surface area contributed by atoms with Gasteiger partial charge in [-0.3, -0.25) is 0 Å². The predicted molar refractivity (Wildman–Crippen MR) is 89.0 cm³/mol. The van der Waals surface area contributed by atoms with Gasteiger partial charge in [-0.2, -0.15) is 0 Å². The Kier molecular flexibility index (Phi) is 3.76. The van der Waals surface area contributed by atoms with E-state index in [-0.39, 0.29) is 0 Å². The van der Waals surface area contributed by atoms with Crippen molar-refractivity contribution in [3.8, 4) is 27.6 Å². The fraction of sp³-hybridized carbons (Fsp3) is 0.167. The Labute approximate surface area is 129 Å². The minimum absolute atomic E-state index is 0.857. The molecule has 0 radical (unpaired) electrons. The lowest BCUT2D eigenvalue weighted by Crippen LogP contribution is -1.86. The number of hydrogen-bond donors (Lipinski definition) is 0. The lowest BCUT2D eigenvalue weighted by Gasteiger charge is -2.04. The van der Waals surface area contributed by atoms with Crippen LogP contribution >= 0.6 is 11.3 Å². The number of methoxy groups -OCH3 is 1. The molecule has 0 atom stereocenters. The average molecular weight is 295 g/mol. The van der Waals surface area contributed by atoms with Gasteiger partial charge in [0.1, 0.15) is 10.8 Å². The molecular formula is C18H17NOS. The van der Waals surface area contributed by atoms with E-state index in [2.05, 4.69) is 43.5 Å². The SMILES string of the molecule is COc1cccc(-c2nc(-c3ccc(C)cc3C)cs2)c1. The number of aromatic nitrogens is 1. The molecule has 0 saturated heterocycles. The summed E-state index contributed by atoms with van der Waals surface area (Å²) in [6.07, 6.45) is 0. The van der Waals surface area contributed by atoms with Gasteiger partial charge in [-0.1, -0.05) is 35.9 Å². The highest BCUT2D eigenvalue weighted by molar-refractivity contribution is 7.13. The maximum absolute atomic E-state index is 5.28. The molecule has 3 rings (SSSR count). The van der Waals surface area contributed by atoms with Crippen LogP contribution in [0.25, 0.3) is 21.8 Å². The van der Waals surface area contributed by atoms with Crippen molar-refractivity contribution in [2.45, 2.75) is 13.8 Å². The van der Waals surface area contributed by atoms with Crippen molar-refractivity contribution < 1.29 is 4.74 Å². The van der Waals surface area contributed by atoms with Crippen LogP contribution in [0.1, 0.15) is 11.1 Å². The Morgan fingerprint density at radius 1 is 1.05 bits per heavy atom. The Morgan fingerprint density at radius 2 is 1.90 bits per heavy atom. The smallest absolute Gasteiger partial charge is 0.124 e. The normalized spacial score (nSPS) is 10.6. The summed E-state index contributed by atoms with van der Waals surface area (Å²) in [4.78, 5) is 4.78. The molecule has 0 fully saturated rings. The van der Waals surface area contributed by atoms with Gasteiger partial charge in [-0.25, -0.2) is 4.98 Å². The molecule has 1 heterocycles. The quantitative estimate of drug-likeness (QED) is 0.670. The van der Waals surface area contributed by atoms with Gasteiger partial charge in [0.25, 0.3) is 0 Å². The van der Waals surface area contributed by atoms with E-state index in [1.54, 1.807) is 18.4 Å². The average Bonchev–Trinajstić information content (AvgIpc) is 2.97. The highest BCUT2D eigenvalue weighted by Crippen LogP contribution is 2.32. The molecule has 106 valence electrons. The van der Waals surface area contributed by atoms with E-state index < -0.39 is 0 Å². The number of aryl methyl sites for hydroxylation is 2. The van der Waals surface area contributed by atoms with Crippen molar-refractivity contribution in [2.24, 2.45) is 0 Å². The van der Waals surface area contributed by atoms with Crippen LogP contribution < -0.4 is 4.74 Å². The molecular weight excluding hydrogens is 278 g/mol. The van der Waals surface area contributed by atoms with Crippen LogP contribution in [0, 0.1) is 13.8 Å². The Morgan fingerprint density at radius 3 is 2.67 bits per heavy atom. The molecule has 21 heavy (non-hydrogen) atoms. The van der Waals surface area contributed by atoms with Gasteiger partial charge in [-0.05, 0) is 31.5 Å². The third-order valence-corrected chi connectivity index (χ3v) is 4.37. The van der Waals surface area contributed by atoms with Crippen molar-refractivity contribution in [3.05, 3.63) is 59.0 Å². The molecule has 0 aliphatic heterocycles. The second-order valence-corrected chi connectivity index (χ2v) is 5.95. The first-order valence-electron chi connectivity index (χ1n) is 6.85. The van der Waals surface area contributed by atoms with Crippen LogP contribution in [0.3, 0.4) is 0 Å². The standard InChI is InChI=1S/C18H17NOS/c1-12-7-8-16(13(2)9-12)17-11-21-18(19-17)14-5-4-6-15(10-14)20-3/h4-11H,1-3H3. The zero-order chi connectivity index (χ0) is 14.8. The van der Waals surface area contributed by atoms with Gasteiger partial charge in [0.15, 0.2) is 0 Å². The number of nitrogens with zero attached hydrogens (tertiary/aromatic N) is 1. The monoisotopic (exact) mass is 295 g/mol. The summed E-state index contributed by atoms with van der Waals surface area (Å²) in [6, 6.07) is 14.5. The summed E-state index contributed by atoms with van der Waals surface area (Å²) < 4.78 is 5.28. The van der Waals surface area contributed by atoms with Gasteiger partial charge in [-0.15, -0.1) is 11.3 Å². The minimum Gasteiger partial charge on any atom is -0.497 e. The molecule has 2 aromatic carbocycles. The van der Waals surface area contributed by atoms with Gasteiger partial charge >= 0.3 is 0 Å². The summed E-state index contributed by atoms with van der Waals surface area (Å²) in [6.45, 7) is 4.24. The zero-order valence-corrected chi connectivity index (χ0v) is 13.2. The summed E-state index contributed by atoms with van der Waals surface area (Å²) in [5, 5.41) is 3.14. The van der Waals surface area contributed by atoms with Crippen LogP contribution in [0.4, 0.5) is 0 Å². The van der Waals surface area contributed by atoms with E-state index in [1.165, 1.54) is 16.7 Å². The molecule has 3 heteroatoms. The Hall–Kier alpha value is -2.13. The van der Waals surface area contributed by atoms with Gasteiger partial charge < -0.3 is 4.74 Å². The fourth-order valence-corrected chi connectivity index (χ4v) is 3.20. The molecule has 0 spiro atoms. The van der Waals surface area contributed by atoms with E-state index >= 15 is 0 Å². The minimum atomic E-state index is 0.857. The van der Waals surface area contributed by atoms with Crippen molar-refractivity contribution in [3.63, 3.8) is 0 Å². The van der Waals surface area contributed by atoms with Crippen molar-refractivity contribution in [1.29, 1.82) is 0 Å². The summed E-state index contributed by atoms with van der Waals surface area (Å²) in [5.74, 6) is 0.857. The van der Waals surface area contributed by atoms with Crippen molar-refractivity contribution in [2.75, 3.05) is 7.11 Å². The van der Waals surface area contributed by atoms with E-state index in [0.29, 0.717) is 0 Å². The number of benzene rings is 2. The van der Waals surface area contributed by atoms with Gasteiger partial charge in [0, 0.05) is 16.5 Å². The maximum atomic E-state index is 5.28. The van der Waals surface area contributed by atoms with Crippen LogP contribution in [-0.4, -0.2) is 12.1 Å². The lowest BCUT2D eigenvalue weighted by atomic mass is 10.0. The topological polar surface area (TPSA) is 22.1 Å². The first kappa shape index (κ1) is 13.8. The van der Waals surface area contributed by atoms with Crippen molar-refractivity contribution in [1.82, 2.24) is 4.98 Å². The molecule has 2 nitrogen and oxygen atoms in total. The van der Waals surface area contributed by atoms with Crippen LogP contribution in [0.15, 0.2) is 47.8 Å². The number of rotatable bonds is 3. The van der Waals surface area contributed by atoms with E-state index in [4.69, 9.17) is 9.72 Å². The van der Waals surface area contributed by atoms with Gasteiger partial charge in [0.05, 0.1) is 12.8 Å². The third kappa shape index (κ3) is 2.83. The molecule has 0 N–H and O–H groups in total. The van der Waals surface area contributed by atoms with Crippen LogP contribution in [0.2, 0.25) is 0 Å². The Balaban J connectivity index is 1.99. The molecule has 0 aliphatic carbocycles. The number of hydrogen-bond acceptors (Lipinski definition) is 3. The zero-order valence-electron chi connectivity index (χ0n) is 12.4. The second kappa shape index (κ2) is 5.70. The van der Waals surface area contributed by atoms with E-state index in [0.717, 1.165) is 22.0 Å². The molecule has 0 saturated carbocycles. The Bertz CT molecular complexity index is 776. The lowest BCUT2D eigenvalue weighted by molar-refractivity contribution is 0.415. The second-order valence-electron chi connectivity index (χ2n) is 5.09. The highest BCUT2D eigenvalue weighted by atomic mass is 32.1. The number of ether oxygens (including phenoxy) is 1. The van der Waals surface area contributed by atoms with Crippen molar-refractivity contribution >= 4 is 11.3 Å². The predicted octanol–water partition coefficient (Wildman–Crippen LogP) is 5.10. The summed E-state index contributed by atoms with van der Waals surface area (Å²) in [7, 11) is 1.68. The van der Waals surface area contributed by atoms with Crippen LogP contribution in [0.5, 0.6) is 5.75 Å². The number of thiazole rings is 1. The first-order chi connectivity index (χ1) is 10.2. The largest absolute Gasteiger partial charge is 0.497 e. The third-order valence-electron chi connectivity index (χ3n) is 3.48. The van der Waals surface area contributed by atoms with Crippen LogP contribution in [-0.2, 0) is 0 Å². The van der Waals surface area contributed by atoms with Gasteiger partial charge in [0.2, 0.25) is 0 Å². The summed E-state index contributed by atoms with van der Waals surface area (Å²) >= 11 is 1.66. The van der Waals surface area contributed by atoms with E-state index in [1.807, 2.05) is 18.2 Å². The highest BCUT2D eigenvalue weighted by Gasteiger charge is 2.09. The molecule has 0 bridgehead atoms. The maximum Gasteiger partial charge on any atom is 0.124 e. The molecule has 1 aromatic heterocycles. The fourth-order valence-electron chi connectivity index (χ4n) is 2.39. The molecule has 0 unspecified atom stereocenters. The first-order valence-corrected chi connectivity index (χ1v) is 7.73. The molecule has 0 amide bonds. The molecule has 3 aromatic rings.